The van der Waals surface area contributed by atoms with Crippen molar-refractivity contribution in [2.45, 2.75) is 53.1 Å². The number of rotatable bonds is 4. The van der Waals surface area contributed by atoms with Crippen LogP contribution in [0.1, 0.15) is 36.6 Å². The highest BCUT2D eigenvalue weighted by molar-refractivity contribution is 6.05. The SMILES string of the molecule is CC[C@@H](C(=O)Nc1cccc(C)c1C)N1C(=O)CCn2nc(C)cc21. The van der Waals surface area contributed by atoms with Crippen LogP contribution in [0, 0.1) is 20.8 Å². The van der Waals surface area contributed by atoms with E-state index in [9.17, 15) is 9.59 Å². The van der Waals surface area contributed by atoms with E-state index in [1.54, 1.807) is 4.90 Å². The second-order valence-corrected chi connectivity index (χ2v) is 6.54. The molecular weight excluding hydrogens is 316 g/mol. The van der Waals surface area contributed by atoms with Crippen LogP contribution in [0.3, 0.4) is 0 Å². The highest BCUT2D eigenvalue weighted by atomic mass is 16.2. The maximum absolute atomic E-state index is 12.9. The Kier molecular flexibility index (Phi) is 4.61. The summed E-state index contributed by atoms with van der Waals surface area (Å²) < 4.78 is 1.81. The fourth-order valence-electron chi connectivity index (χ4n) is 3.26. The first-order valence-electron chi connectivity index (χ1n) is 8.66. The van der Waals surface area contributed by atoms with Crippen molar-refractivity contribution in [3.8, 4) is 0 Å². The molecule has 0 radical (unpaired) electrons. The van der Waals surface area contributed by atoms with Crippen molar-refractivity contribution in [2.24, 2.45) is 0 Å². The maximum atomic E-state index is 12.9. The number of aryl methyl sites for hydroxylation is 3. The number of anilines is 2. The molecule has 132 valence electrons. The van der Waals surface area contributed by atoms with Gasteiger partial charge in [-0.1, -0.05) is 19.1 Å². The fourth-order valence-corrected chi connectivity index (χ4v) is 3.26. The Morgan fingerprint density at radius 2 is 2.08 bits per heavy atom. The topological polar surface area (TPSA) is 67.2 Å². The normalized spacial score (nSPS) is 15.0. The van der Waals surface area contributed by atoms with Crippen molar-refractivity contribution in [1.29, 1.82) is 0 Å². The molecule has 0 bridgehead atoms. The molecule has 1 N–H and O–H groups in total. The standard InChI is InChI=1S/C19H24N4O2/c1-5-16(19(25)20-15-8-6-7-12(2)14(15)4)23-17-11-13(3)21-22(17)10-9-18(23)24/h6-8,11,16H,5,9-10H2,1-4H3,(H,20,25)/t16-/m0/s1. The Bertz CT molecular complexity index is 825. The lowest BCUT2D eigenvalue weighted by atomic mass is 10.1. The van der Waals surface area contributed by atoms with Gasteiger partial charge < -0.3 is 5.32 Å². The minimum Gasteiger partial charge on any atom is -0.324 e. The van der Waals surface area contributed by atoms with Crippen LogP contribution in [0.5, 0.6) is 0 Å². The second kappa shape index (κ2) is 6.70. The Balaban J connectivity index is 1.90. The molecule has 1 aromatic heterocycles. The van der Waals surface area contributed by atoms with Gasteiger partial charge in [0, 0.05) is 18.2 Å². The molecule has 2 aromatic rings. The Morgan fingerprint density at radius 3 is 2.80 bits per heavy atom. The van der Waals surface area contributed by atoms with Crippen molar-refractivity contribution >= 4 is 23.3 Å². The van der Waals surface area contributed by atoms with Gasteiger partial charge in [-0.05, 0) is 44.4 Å². The summed E-state index contributed by atoms with van der Waals surface area (Å²) in [5, 5.41) is 7.41. The van der Waals surface area contributed by atoms with Crippen LogP contribution in [0.15, 0.2) is 24.3 Å². The number of fused-ring (bicyclic) bond motifs is 1. The van der Waals surface area contributed by atoms with Crippen molar-refractivity contribution < 1.29 is 9.59 Å². The maximum Gasteiger partial charge on any atom is 0.247 e. The second-order valence-electron chi connectivity index (χ2n) is 6.54. The van der Waals surface area contributed by atoms with Crippen LogP contribution >= 0.6 is 0 Å². The number of carbonyl (C=O) groups is 2. The zero-order valence-corrected chi connectivity index (χ0v) is 15.2. The predicted octanol–water partition coefficient (Wildman–Crippen LogP) is 2.96. The number of amides is 2. The largest absolute Gasteiger partial charge is 0.324 e. The third kappa shape index (κ3) is 3.16. The van der Waals surface area contributed by atoms with Crippen LogP contribution < -0.4 is 10.2 Å². The fraction of sp³-hybridized carbons (Fsp3) is 0.421. The van der Waals surface area contributed by atoms with Gasteiger partial charge in [-0.15, -0.1) is 0 Å². The third-order valence-corrected chi connectivity index (χ3v) is 4.80. The first kappa shape index (κ1) is 17.2. The van der Waals surface area contributed by atoms with Gasteiger partial charge in [-0.3, -0.25) is 14.5 Å². The smallest absolute Gasteiger partial charge is 0.247 e. The number of aromatic nitrogens is 2. The number of nitrogens with zero attached hydrogens (tertiary/aromatic N) is 3. The molecule has 2 amide bonds. The molecule has 0 fully saturated rings. The van der Waals surface area contributed by atoms with Gasteiger partial charge in [-0.25, -0.2) is 4.68 Å². The Labute approximate surface area is 147 Å². The lowest BCUT2D eigenvalue weighted by Crippen LogP contribution is -2.50. The third-order valence-electron chi connectivity index (χ3n) is 4.80. The molecular formula is C19H24N4O2. The molecule has 1 aromatic carbocycles. The molecule has 1 aliphatic heterocycles. The molecule has 0 saturated heterocycles. The quantitative estimate of drug-likeness (QED) is 0.930. The monoisotopic (exact) mass is 340 g/mol. The average Bonchev–Trinajstić information content (AvgIpc) is 2.95. The van der Waals surface area contributed by atoms with Crippen molar-refractivity contribution in [3.05, 3.63) is 41.1 Å². The van der Waals surface area contributed by atoms with E-state index < -0.39 is 6.04 Å². The van der Waals surface area contributed by atoms with Crippen molar-refractivity contribution in [2.75, 3.05) is 10.2 Å². The van der Waals surface area contributed by atoms with Gasteiger partial charge in [0.25, 0.3) is 0 Å². The van der Waals surface area contributed by atoms with E-state index in [0.717, 1.165) is 22.5 Å². The number of benzene rings is 1. The Hall–Kier alpha value is -2.63. The predicted molar refractivity (Wildman–Crippen MR) is 97.7 cm³/mol. The molecule has 0 aliphatic carbocycles. The van der Waals surface area contributed by atoms with Gasteiger partial charge in [0.05, 0.1) is 12.2 Å². The van der Waals surface area contributed by atoms with E-state index in [0.29, 0.717) is 25.2 Å². The molecule has 6 heteroatoms. The van der Waals surface area contributed by atoms with Crippen LogP contribution in [-0.4, -0.2) is 27.6 Å². The van der Waals surface area contributed by atoms with Gasteiger partial charge in [0.15, 0.2) is 0 Å². The molecule has 0 unspecified atom stereocenters. The van der Waals surface area contributed by atoms with Crippen LogP contribution in [-0.2, 0) is 16.1 Å². The summed E-state index contributed by atoms with van der Waals surface area (Å²) in [4.78, 5) is 27.1. The van der Waals surface area contributed by atoms with Crippen LogP contribution in [0.25, 0.3) is 0 Å². The summed E-state index contributed by atoms with van der Waals surface area (Å²) in [6, 6.07) is 7.13. The number of nitrogens with one attached hydrogen (secondary N) is 1. The molecule has 1 atom stereocenters. The molecule has 6 nitrogen and oxygen atoms in total. The molecule has 0 saturated carbocycles. The molecule has 1 aliphatic rings. The van der Waals surface area contributed by atoms with Gasteiger partial charge in [0.1, 0.15) is 11.9 Å². The van der Waals surface area contributed by atoms with Crippen LogP contribution in [0.4, 0.5) is 11.5 Å². The number of hydrogen-bond donors (Lipinski definition) is 1. The molecule has 2 heterocycles. The zero-order chi connectivity index (χ0) is 18.1. The minimum atomic E-state index is -0.553. The van der Waals surface area contributed by atoms with E-state index in [-0.39, 0.29) is 11.8 Å². The van der Waals surface area contributed by atoms with E-state index in [2.05, 4.69) is 10.4 Å². The highest BCUT2D eigenvalue weighted by Crippen LogP contribution is 2.27. The van der Waals surface area contributed by atoms with Crippen molar-refractivity contribution in [3.63, 3.8) is 0 Å². The van der Waals surface area contributed by atoms with E-state index in [1.165, 1.54) is 0 Å². The summed E-state index contributed by atoms with van der Waals surface area (Å²) >= 11 is 0. The first-order chi connectivity index (χ1) is 11.9. The average molecular weight is 340 g/mol. The van der Waals surface area contributed by atoms with E-state index >= 15 is 0 Å². The summed E-state index contributed by atoms with van der Waals surface area (Å²) in [6.07, 6.45) is 0.897. The van der Waals surface area contributed by atoms with E-state index in [4.69, 9.17) is 0 Å². The van der Waals surface area contributed by atoms with E-state index in [1.807, 2.05) is 56.6 Å². The lowest BCUT2D eigenvalue weighted by molar-refractivity contribution is -0.124. The number of carbonyl (C=O) groups excluding carboxylic acids is 2. The zero-order valence-electron chi connectivity index (χ0n) is 15.2. The molecule has 25 heavy (non-hydrogen) atoms. The Morgan fingerprint density at radius 1 is 1.32 bits per heavy atom. The number of hydrogen-bond acceptors (Lipinski definition) is 3. The first-order valence-corrected chi connectivity index (χ1v) is 8.66. The van der Waals surface area contributed by atoms with Gasteiger partial charge >= 0.3 is 0 Å². The lowest BCUT2D eigenvalue weighted by Gasteiger charge is -2.33. The summed E-state index contributed by atoms with van der Waals surface area (Å²) in [5.74, 6) is 0.504. The summed E-state index contributed by atoms with van der Waals surface area (Å²) in [6.45, 7) is 8.37. The summed E-state index contributed by atoms with van der Waals surface area (Å²) in [7, 11) is 0. The van der Waals surface area contributed by atoms with Crippen molar-refractivity contribution in [1.82, 2.24) is 9.78 Å². The molecule has 3 rings (SSSR count). The molecule has 0 spiro atoms. The minimum absolute atomic E-state index is 0.0321. The highest BCUT2D eigenvalue weighted by Gasteiger charge is 2.35. The summed E-state index contributed by atoms with van der Waals surface area (Å²) in [5.41, 5.74) is 3.79. The van der Waals surface area contributed by atoms with Gasteiger partial charge in [0.2, 0.25) is 11.8 Å². The van der Waals surface area contributed by atoms with Crippen LogP contribution in [0.2, 0.25) is 0 Å². The van der Waals surface area contributed by atoms with Gasteiger partial charge in [-0.2, -0.15) is 5.10 Å².